The summed E-state index contributed by atoms with van der Waals surface area (Å²) >= 11 is 0. The highest BCUT2D eigenvalue weighted by Crippen LogP contribution is 2.34. The van der Waals surface area contributed by atoms with E-state index < -0.39 is 38.4 Å². The molecule has 2 rings (SSSR count). The maximum Gasteiger partial charge on any atom is 0.318 e. The third-order valence-electron chi connectivity index (χ3n) is 2.30. The Hall–Kier alpha value is -3.64. The number of aromatic hydroxyl groups is 1. The number of nitrogens with one attached hydrogen (secondary N) is 2. The molecule has 1 amide bonds. The molecule has 0 aliphatic rings. The number of benzene rings is 1. The van der Waals surface area contributed by atoms with Gasteiger partial charge in [-0.25, -0.2) is 0 Å². The van der Waals surface area contributed by atoms with E-state index in [9.17, 15) is 30.1 Å². The Morgan fingerprint density at radius 1 is 1.29 bits per heavy atom. The maximum absolute atomic E-state index is 11.8. The van der Waals surface area contributed by atoms with Crippen LogP contribution in [0, 0.1) is 20.2 Å². The lowest BCUT2D eigenvalue weighted by atomic mass is 10.1. The van der Waals surface area contributed by atoms with Gasteiger partial charge in [0.15, 0.2) is 0 Å². The van der Waals surface area contributed by atoms with Crippen molar-refractivity contribution in [1.29, 1.82) is 0 Å². The first-order valence-electron chi connectivity index (χ1n) is 5.10. The standard InChI is InChI=1S/C8H5N7O6/c16-6-4(7(17)9-8-10-12-13-11-8)1-3(14(18)19)2-5(6)15(20)21/h1-2,16H,(H2,9,10,11,12,13,17). The number of nitro benzene ring substituents is 2. The summed E-state index contributed by atoms with van der Waals surface area (Å²) in [5.74, 6) is -2.35. The second-order valence-corrected chi connectivity index (χ2v) is 3.56. The van der Waals surface area contributed by atoms with Crippen LogP contribution in [0.2, 0.25) is 0 Å². The van der Waals surface area contributed by atoms with Gasteiger partial charge in [-0.3, -0.25) is 30.3 Å². The zero-order chi connectivity index (χ0) is 15.6. The summed E-state index contributed by atoms with van der Waals surface area (Å²) < 4.78 is 0. The van der Waals surface area contributed by atoms with E-state index in [4.69, 9.17) is 0 Å². The summed E-state index contributed by atoms with van der Waals surface area (Å²) in [6, 6.07) is 1.23. The van der Waals surface area contributed by atoms with Gasteiger partial charge in [0.05, 0.1) is 21.5 Å². The second-order valence-electron chi connectivity index (χ2n) is 3.56. The summed E-state index contributed by atoms with van der Waals surface area (Å²) in [4.78, 5) is 31.3. The van der Waals surface area contributed by atoms with Crippen LogP contribution in [0.15, 0.2) is 12.1 Å². The number of carbonyl (C=O) groups is 1. The van der Waals surface area contributed by atoms with Crippen LogP contribution < -0.4 is 5.32 Å². The summed E-state index contributed by atoms with van der Waals surface area (Å²) in [5, 5.41) is 45.2. The third kappa shape index (κ3) is 2.70. The van der Waals surface area contributed by atoms with Gasteiger partial charge < -0.3 is 5.11 Å². The van der Waals surface area contributed by atoms with E-state index in [0.29, 0.717) is 12.1 Å². The molecule has 0 saturated heterocycles. The van der Waals surface area contributed by atoms with Crippen LogP contribution in [0.25, 0.3) is 0 Å². The number of nitrogens with zero attached hydrogens (tertiary/aromatic N) is 5. The van der Waals surface area contributed by atoms with E-state index in [2.05, 4.69) is 25.9 Å². The lowest BCUT2D eigenvalue weighted by Crippen LogP contribution is -2.14. The number of anilines is 1. The number of non-ortho nitro benzene ring substituents is 1. The van der Waals surface area contributed by atoms with Gasteiger partial charge in [0.1, 0.15) is 0 Å². The summed E-state index contributed by atoms with van der Waals surface area (Å²) in [7, 11) is 0. The number of H-pyrrole nitrogens is 1. The molecule has 13 heteroatoms. The van der Waals surface area contributed by atoms with Crippen molar-refractivity contribution in [3.63, 3.8) is 0 Å². The highest BCUT2D eigenvalue weighted by molar-refractivity contribution is 6.06. The zero-order valence-corrected chi connectivity index (χ0v) is 9.88. The molecule has 0 aliphatic heterocycles. The summed E-state index contributed by atoms with van der Waals surface area (Å²) in [6.07, 6.45) is 0. The highest BCUT2D eigenvalue weighted by atomic mass is 16.6. The maximum atomic E-state index is 11.8. The first kappa shape index (κ1) is 13.8. The SMILES string of the molecule is O=C(Nc1nn[nH]n1)c1cc([N+](=O)[O-])cc([N+](=O)[O-])c1O. The monoisotopic (exact) mass is 295 g/mol. The van der Waals surface area contributed by atoms with Crippen molar-refractivity contribution in [1.82, 2.24) is 20.6 Å². The average Bonchev–Trinajstić information content (AvgIpc) is 2.90. The molecule has 0 bridgehead atoms. The number of carbonyl (C=O) groups excluding carboxylic acids is 1. The Bertz CT molecular complexity index is 727. The van der Waals surface area contributed by atoms with Crippen LogP contribution in [0.5, 0.6) is 5.75 Å². The quantitative estimate of drug-likeness (QED) is 0.513. The van der Waals surface area contributed by atoms with Gasteiger partial charge in [-0.2, -0.15) is 5.21 Å². The highest BCUT2D eigenvalue weighted by Gasteiger charge is 2.27. The normalized spacial score (nSPS) is 10.1. The van der Waals surface area contributed by atoms with Crippen LogP contribution in [0.1, 0.15) is 10.4 Å². The number of tetrazole rings is 1. The Kier molecular flexibility index (Phi) is 3.38. The van der Waals surface area contributed by atoms with E-state index in [0.717, 1.165) is 0 Å². The van der Waals surface area contributed by atoms with Crippen molar-refractivity contribution in [3.05, 3.63) is 37.9 Å². The molecule has 0 unspecified atom stereocenters. The number of aromatic amines is 1. The van der Waals surface area contributed by atoms with E-state index in [-0.39, 0.29) is 5.95 Å². The van der Waals surface area contributed by atoms with Crippen LogP contribution in [0.4, 0.5) is 17.3 Å². The molecule has 0 aliphatic carbocycles. The molecule has 3 N–H and O–H groups in total. The first-order valence-corrected chi connectivity index (χ1v) is 5.10. The predicted molar refractivity (Wildman–Crippen MR) is 63.5 cm³/mol. The van der Waals surface area contributed by atoms with Gasteiger partial charge in [0.25, 0.3) is 17.5 Å². The van der Waals surface area contributed by atoms with E-state index >= 15 is 0 Å². The Balaban J connectivity index is 2.48. The molecule has 0 spiro atoms. The topological polar surface area (TPSA) is 190 Å². The van der Waals surface area contributed by atoms with Gasteiger partial charge in [-0.15, -0.1) is 5.10 Å². The molecule has 2 aromatic rings. The lowest BCUT2D eigenvalue weighted by Gasteiger charge is -2.04. The number of phenolic OH excluding ortho intramolecular Hbond substituents is 1. The fourth-order valence-electron chi connectivity index (χ4n) is 1.41. The molecule has 1 heterocycles. The molecule has 1 aromatic carbocycles. The lowest BCUT2D eigenvalue weighted by molar-refractivity contribution is -0.394. The zero-order valence-electron chi connectivity index (χ0n) is 9.88. The molecular formula is C8H5N7O6. The Morgan fingerprint density at radius 3 is 2.52 bits per heavy atom. The van der Waals surface area contributed by atoms with Gasteiger partial charge in [0.2, 0.25) is 5.75 Å². The molecule has 1 aromatic heterocycles. The Labute approximate surface area is 113 Å². The largest absolute Gasteiger partial charge is 0.502 e. The Morgan fingerprint density at radius 2 is 2.00 bits per heavy atom. The molecule has 0 radical (unpaired) electrons. The van der Waals surface area contributed by atoms with E-state index in [1.54, 1.807) is 0 Å². The first-order chi connectivity index (χ1) is 9.90. The third-order valence-corrected chi connectivity index (χ3v) is 2.30. The van der Waals surface area contributed by atoms with Crippen molar-refractivity contribution in [2.24, 2.45) is 0 Å². The second kappa shape index (κ2) is 5.16. The minimum atomic E-state index is -1.07. The minimum Gasteiger partial charge on any atom is -0.502 e. The van der Waals surface area contributed by atoms with Crippen LogP contribution in [-0.4, -0.2) is 41.5 Å². The molecule has 108 valence electrons. The van der Waals surface area contributed by atoms with Crippen molar-refractivity contribution < 1.29 is 19.7 Å². The van der Waals surface area contributed by atoms with E-state index in [1.165, 1.54) is 0 Å². The van der Waals surface area contributed by atoms with Gasteiger partial charge in [-0.05, 0) is 5.21 Å². The predicted octanol–water partition coefficient (Wildman–Crippen LogP) is -0.0260. The molecule has 21 heavy (non-hydrogen) atoms. The van der Waals surface area contributed by atoms with Crippen LogP contribution in [0.3, 0.4) is 0 Å². The van der Waals surface area contributed by atoms with Gasteiger partial charge in [0, 0.05) is 6.07 Å². The van der Waals surface area contributed by atoms with Gasteiger partial charge >= 0.3 is 5.69 Å². The average molecular weight is 295 g/mol. The number of hydrogen-bond acceptors (Lipinski definition) is 9. The molecule has 13 nitrogen and oxygen atoms in total. The fourth-order valence-corrected chi connectivity index (χ4v) is 1.41. The number of aromatic nitrogens is 4. The number of amides is 1. The number of rotatable bonds is 4. The van der Waals surface area contributed by atoms with Crippen LogP contribution in [-0.2, 0) is 0 Å². The summed E-state index contributed by atoms with van der Waals surface area (Å²) in [6.45, 7) is 0. The van der Waals surface area contributed by atoms with Crippen molar-refractivity contribution in [3.8, 4) is 5.75 Å². The smallest absolute Gasteiger partial charge is 0.318 e. The van der Waals surface area contributed by atoms with Crippen molar-refractivity contribution >= 4 is 23.2 Å². The van der Waals surface area contributed by atoms with Gasteiger partial charge in [-0.1, -0.05) is 5.10 Å². The molecular weight excluding hydrogens is 290 g/mol. The van der Waals surface area contributed by atoms with Crippen molar-refractivity contribution in [2.45, 2.75) is 0 Å². The minimum absolute atomic E-state index is 0.270. The molecule has 0 saturated carbocycles. The summed E-state index contributed by atoms with van der Waals surface area (Å²) in [5.41, 5.74) is -2.36. The number of phenols is 1. The van der Waals surface area contributed by atoms with Crippen molar-refractivity contribution in [2.75, 3.05) is 5.32 Å². The molecule has 0 atom stereocenters. The molecule has 0 fully saturated rings. The number of nitro groups is 2. The fraction of sp³-hybridized carbons (Fsp3) is 0. The van der Waals surface area contributed by atoms with Crippen LogP contribution >= 0.6 is 0 Å². The number of hydrogen-bond donors (Lipinski definition) is 3. The van der Waals surface area contributed by atoms with E-state index in [1.807, 2.05) is 0 Å².